The Kier molecular flexibility index (Phi) is 3.43. The Hall–Kier alpha value is -1.36. The van der Waals surface area contributed by atoms with Crippen molar-refractivity contribution in [3.05, 3.63) is 18.0 Å². The lowest BCUT2D eigenvalue weighted by Gasteiger charge is -2.25. The molecule has 0 aliphatic carbocycles. The molecule has 0 radical (unpaired) electrons. The molecule has 0 saturated carbocycles. The van der Waals surface area contributed by atoms with Gasteiger partial charge in [0.25, 0.3) is 0 Å². The molecule has 1 fully saturated rings. The second-order valence-corrected chi connectivity index (χ2v) is 5.69. The zero-order valence-corrected chi connectivity index (χ0v) is 11.3. The van der Waals surface area contributed by atoms with Gasteiger partial charge in [-0.05, 0) is 32.8 Å². The van der Waals surface area contributed by atoms with Crippen LogP contribution in [-0.2, 0) is 11.3 Å². The third-order valence-corrected chi connectivity index (χ3v) is 3.60. The van der Waals surface area contributed by atoms with Crippen LogP contribution >= 0.6 is 0 Å². The Morgan fingerprint density at radius 2 is 2.33 bits per heavy atom. The standard InChI is InChI=1S/C13H21N3O2/c1-10-6-14-16(7-10)9-12(17)15-5-4-11(8-15)13(2,3)18/h6-7,11,18H,4-5,8-9H2,1-3H3/t11-/m0/s1. The maximum absolute atomic E-state index is 12.1. The van der Waals surface area contributed by atoms with Crippen LogP contribution in [0.1, 0.15) is 25.8 Å². The van der Waals surface area contributed by atoms with Crippen molar-refractivity contribution in [3.8, 4) is 0 Å². The zero-order chi connectivity index (χ0) is 13.3. The highest BCUT2D eigenvalue weighted by molar-refractivity contribution is 5.76. The van der Waals surface area contributed by atoms with E-state index in [4.69, 9.17) is 0 Å². The third kappa shape index (κ3) is 2.90. The third-order valence-electron chi connectivity index (χ3n) is 3.60. The summed E-state index contributed by atoms with van der Waals surface area (Å²) in [5.41, 5.74) is 0.343. The van der Waals surface area contributed by atoms with Crippen LogP contribution in [0.2, 0.25) is 0 Å². The normalized spacial score (nSPS) is 20.4. The number of rotatable bonds is 3. The molecule has 1 aromatic heterocycles. The number of aliphatic hydroxyl groups is 1. The highest BCUT2D eigenvalue weighted by Crippen LogP contribution is 2.27. The van der Waals surface area contributed by atoms with Gasteiger partial charge in [0.2, 0.25) is 5.91 Å². The molecular formula is C13H21N3O2. The average Bonchev–Trinajstić information content (AvgIpc) is 2.85. The largest absolute Gasteiger partial charge is 0.390 e. The van der Waals surface area contributed by atoms with Crippen LogP contribution in [0.3, 0.4) is 0 Å². The molecule has 0 bridgehead atoms. The SMILES string of the molecule is Cc1cnn(CC(=O)N2CC[C@H](C(C)(C)O)C2)c1. The fraction of sp³-hybridized carbons (Fsp3) is 0.692. The molecular weight excluding hydrogens is 230 g/mol. The first-order chi connectivity index (χ1) is 8.36. The van der Waals surface area contributed by atoms with Gasteiger partial charge in [-0.25, -0.2) is 0 Å². The van der Waals surface area contributed by atoms with Crippen molar-refractivity contribution in [3.63, 3.8) is 0 Å². The zero-order valence-electron chi connectivity index (χ0n) is 11.3. The van der Waals surface area contributed by atoms with Crippen LogP contribution in [0, 0.1) is 12.8 Å². The second kappa shape index (κ2) is 4.72. The molecule has 0 spiro atoms. The van der Waals surface area contributed by atoms with Crippen LogP contribution in [0.25, 0.3) is 0 Å². The van der Waals surface area contributed by atoms with E-state index in [1.54, 1.807) is 10.9 Å². The highest BCUT2D eigenvalue weighted by atomic mass is 16.3. The van der Waals surface area contributed by atoms with Gasteiger partial charge < -0.3 is 10.0 Å². The molecule has 1 amide bonds. The predicted octanol–water partition coefficient (Wildman–Crippen LogP) is 0.811. The van der Waals surface area contributed by atoms with Gasteiger partial charge in [-0.1, -0.05) is 0 Å². The molecule has 1 aliphatic heterocycles. The minimum atomic E-state index is -0.711. The summed E-state index contributed by atoms with van der Waals surface area (Å²) in [6.07, 6.45) is 4.48. The number of aromatic nitrogens is 2. The molecule has 2 rings (SSSR count). The number of amides is 1. The number of likely N-dealkylation sites (tertiary alicyclic amines) is 1. The number of hydrogen-bond acceptors (Lipinski definition) is 3. The summed E-state index contributed by atoms with van der Waals surface area (Å²) in [6.45, 7) is 7.22. The van der Waals surface area contributed by atoms with E-state index in [0.29, 0.717) is 6.54 Å². The number of carbonyl (C=O) groups is 1. The Morgan fingerprint density at radius 1 is 1.61 bits per heavy atom. The molecule has 0 unspecified atom stereocenters. The van der Waals surface area contributed by atoms with E-state index >= 15 is 0 Å². The van der Waals surface area contributed by atoms with Gasteiger partial charge in [0.1, 0.15) is 6.54 Å². The number of aryl methyl sites for hydroxylation is 1. The number of carbonyl (C=O) groups excluding carboxylic acids is 1. The van der Waals surface area contributed by atoms with E-state index in [2.05, 4.69) is 5.10 Å². The first-order valence-electron chi connectivity index (χ1n) is 6.35. The average molecular weight is 251 g/mol. The van der Waals surface area contributed by atoms with Crippen LogP contribution in [0.4, 0.5) is 0 Å². The summed E-state index contributed by atoms with van der Waals surface area (Å²) in [4.78, 5) is 13.9. The quantitative estimate of drug-likeness (QED) is 0.865. The second-order valence-electron chi connectivity index (χ2n) is 5.69. The van der Waals surface area contributed by atoms with Crippen molar-refractivity contribution in [2.45, 2.75) is 39.3 Å². The summed E-state index contributed by atoms with van der Waals surface area (Å²) >= 11 is 0. The van der Waals surface area contributed by atoms with Crippen LogP contribution in [0.5, 0.6) is 0 Å². The summed E-state index contributed by atoms with van der Waals surface area (Å²) in [5, 5.41) is 14.1. The molecule has 5 nitrogen and oxygen atoms in total. The van der Waals surface area contributed by atoms with Gasteiger partial charge in [-0.15, -0.1) is 0 Å². The van der Waals surface area contributed by atoms with Crippen molar-refractivity contribution in [1.82, 2.24) is 14.7 Å². The summed E-state index contributed by atoms with van der Waals surface area (Å²) < 4.78 is 1.66. The van der Waals surface area contributed by atoms with Crippen LogP contribution in [-0.4, -0.2) is 44.4 Å². The minimum Gasteiger partial charge on any atom is -0.390 e. The van der Waals surface area contributed by atoms with E-state index in [-0.39, 0.29) is 18.4 Å². The molecule has 100 valence electrons. The molecule has 5 heteroatoms. The maximum atomic E-state index is 12.1. The molecule has 1 aromatic rings. The topological polar surface area (TPSA) is 58.4 Å². The lowest BCUT2D eigenvalue weighted by molar-refractivity contribution is -0.131. The summed E-state index contributed by atoms with van der Waals surface area (Å²) in [6, 6.07) is 0. The first-order valence-corrected chi connectivity index (χ1v) is 6.35. The van der Waals surface area contributed by atoms with Gasteiger partial charge in [0, 0.05) is 25.2 Å². The lowest BCUT2D eigenvalue weighted by atomic mass is 9.90. The highest BCUT2D eigenvalue weighted by Gasteiger charge is 2.35. The Labute approximate surface area is 107 Å². The van der Waals surface area contributed by atoms with Crippen molar-refractivity contribution in [1.29, 1.82) is 0 Å². The molecule has 0 aromatic carbocycles. The minimum absolute atomic E-state index is 0.0739. The Bertz CT molecular complexity index is 434. The van der Waals surface area contributed by atoms with E-state index in [1.807, 2.05) is 31.9 Å². The summed E-state index contributed by atoms with van der Waals surface area (Å²) in [5.74, 6) is 0.241. The van der Waals surface area contributed by atoms with E-state index in [1.165, 1.54) is 0 Å². The molecule has 1 saturated heterocycles. The smallest absolute Gasteiger partial charge is 0.244 e. The molecule has 2 heterocycles. The molecule has 1 atom stereocenters. The number of hydrogen-bond donors (Lipinski definition) is 1. The van der Waals surface area contributed by atoms with Crippen molar-refractivity contribution < 1.29 is 9.90 Å². The van der Waals surface area contributed by atoms with Gasteiger partial charge in [0.15, 0.2) is 0 Å². The number of nitrogens with zero attached hydrogens (tertiary/aromatic N) is 3. The lowest BCUT2D eigenvalue weighted by Crippen LogP contribution is -2.36. The van der Waals surface area contributed by atoms with Crippen molar-refractivity contribution >= 4 is 5.91 Å². The van der Waals surface area contributed by atoms with Gasteiger partial charge >= 0.3 is 0 Å². The van der Waals surface area contributed by atoms with Crippen molar-refractivity contribution in [2.75, 3.05) is 13.1 Å². The maximum Gasteiger partial charge on any atom is 0.244 e. The molecule has 1 aliphatic rings. The molecule has 18 heavy (non-hydrogen) atoms. The van der Waals surface area contributed by atoms with Gasteiger partial charge in [-0.3, -0.25) is 9.48 Å². The van der Waals surface area contributed by atoms with Gasteiger partial charge in [0.05, 0.1) is 11.8 Å². The summed E-state index contributed by atoms with van der Waals surface area (Å²) in [7, 11) is 0. The Morgan fingerprint density at radius 3 is 2.83 bits per heavy atom. The van der Waals surface area contributed by atoms with Gasteiger partial charge in [-0.2, -0.15) is 5.10 Å². The van der Waals surface area contributed by atoms with E-state index < -0.39 is 5.60 Å². The molecule has 1 N–H and O–H groups in total. The van der Waals surface area contributed by atoms with E-state index in [9.17, 15) is 9.90 Å². The van der Waals surface area contributed by atoms with Crippen molar-refractivity contribution in [2.24, 2.45) is 5.92 Å². The predicted molar refractivity (Wildman–Crippen MR) is 67.9 cm³/mol. The Balaban J connectivity index is 1.92. The fourth-order valence-corrected chi connectivity index (χ4v) is 2.36. The monoisotopic (exact) mass is 251 g/mol. The first kappa shape index (κ1) is 13.1. The fourth-order valence-electron chi connectivity index (χ4n) is 2.36. The van der Waals surface area contributed by atoms with E-state index in [0.717, 1.165) is 18.5 Å². The van der Waals surface area contributed by atoms with Crippen LogP contribution in [0.15, 0.2) is 12.4 Å². The van der Waals surface area contributed by atoms with Crippen LogP contribution < -0.4 is 0 Å².